The minimum atomic E-state index is -0.501. The number of benzene rings is 2. The summed E-state index contributed by atoms with van der Waals surface area (Å²) in [6.45, 7) is 4.33. The van der Waals surface area contributed by atoms with Crippen molar-refractivity contribution in [2.75, 3.05) is 6.54 Å². The third-order valence-corrected chi connectivity index (χ3v) is 5.60. The molecule has 2 aromatic rings. The number of likely N-dealkylation sites (tertiary alicyclic amines) is 1. The van der Waals surface area contributed by atoms with Gasteiger partial charge in [-0.3, -0.25) is 25.1 Å². The van der Waals surface area contributed by atoms with Crippen LogP contribution < -0.4 is 0 Å². The summed E-state index contributed by atoms with van der Waals surface area (Å²) >= 11 is 11.9. The predicted molar refractivity (Wildman–Crippen MR) is 108 cm³/mol. The van der Waals surface area contributed by atoms with Crippen molar-refractivity contribution in [3.05, 3.63) is 90.5 Å². The average Bonchev–Trinajstić information content (AvgIpc) is 3.06. The molecule has 2 atom stereocenters. The highest BCUT2D eigenvalue weighted by atomic mass is 35.5. The number of rotatable bonds is 6. The van der Waals surface area contributed by atoms with Gasteiger partial charge in [-0.05, 0) is 36.1 Å². The Morgan fingerprint density at radius 1 is 0.964 bits per heavy atom. The Labute approximate surface area is 171 Å². The summed E-state index contributed by atoms with van der Waals surface area (Å²) in [5.41, 5.74) is 1.29. The fourth-order valence-corrected chi connectivity index (χ4v) is 4.11. The number of hydrogen-bond acceptors (Lipinski definition) is 5. The highest BCUT2D eigenvalue weighted by Crippen LogP contribution is 2.45. The van der Waals surface area contributed by atoms with Crippen molar-refractivity contribution in [3.8, 4) is 0 Å². The van der Waals surface area contributed by atoms with Crippen LogP contribution in [0.15, 0.2) is 49.1 Å². The summed E-state index contributed by atoms with van der Waals surface area (Å²) in [6, 6.07) is 9.43. The molecule has 3 rings (SSSR count). The van der Waals surface area contributed by atoms with E-state index in [1.807, 2.05) is 0 Å². The van der Waals surface area contributed by atoms with Gasteiger partial charge in [-0.25, -0.2) is 0 Å². The molecule has 0 N–H and O–H groups in total. The molecule has 0 radical (unpaired) electrons. The van der Waals surface area contributed by atoms with E-state index in [4.69, 9.17) is 23.2 Å². The van der Waals surface area contributed by atoms with Crippen LogP contribution in [-0.2, 0) is 0 Å². The molecule has 1 fully saturated rings. The Kier molecular flexibility index (Phi) is 5.98. The zero-order chi connectivity index (χ0) is 20.4. The molecule has 0 amide bonds. The third kappa shape index (κ3) is 3.87. The van der Waals surface area contributed by atoms with E-state index in [2.05, 4.69) is 11.5 Å². The SMILES string of the molecule is C=CCN1C(c2ccc(Cl)c([N+](=O)[O-])c2)CC[C@@H]1c1ccc(Cl)c([N+](=O)[O-])c1. The summed E-state index contributed by atoms with van der Waals surface area (Å²) in [5.74, 6) is 0. The van der Waals surface area contributed by atoms with Crippen molar-refractivity contribution < 1.29 is 9.85 Å². The van der Waals surface area contributed by atoms with E-state index in [1.165, 1.54) is 24.3 Å². The zero-order valence-electron chi connectivity index (χ0n) is 14.8. The van der Waals surface area contributed by atoms with E-state index in [9.17, 15) is 20.2 Å². The molecular weight excluding hydrogens is 405 g/mol. The Morgan fingerprint density at radius 3 is 1.75 bits per heavy atom. The van der Waals surface area contributed by atoms with E-state index in [-0.39, 0.29) is 33.5 Å². The van der Waals surface area contributed by atoms with E-state index < -0.39 is 9.85 Å². The quantitative estimate of drug-likeness (QED) is 0.330. The lowest BCUT2D eigenvalue weighted by Gasteiger charge is -2.29. The van der Waals surface area contributed by atoms with Crippen molar-refractivity contribution in [1.82, 2.24) is 4.90 Å². The molecule has 9 heteroatoms. The van der Waals surface area contributed by atoms with E-state index in [0.29, 0.717) is 6.54 Å². The zero-order valence-corrected chi connectivity index (χ0v) is 16.3. The van der Waals surface area contributed by atoms with Gasteiger partial charge in [-0.15, -0.1) is 6.58 Å². The van der Waals surface area contributed by atoms with Crippen molar-refractivity contribution in [3.63, 3.8) is 0 Å². The summed E-state index contributed by atoms with van der Waals surface area (Å²) in [5, 5.41) is 22.6. The lowest BCUT2D eigenvalue weighted by Crippen LogP contribution is -2.26. The Hall–Kier alpha value is -2.48. The highest BCUT2D eigenvalue weighted by molar-refractivity contribution is 6.33. The van der Waals surface area contributed by atoms with Gasteiger partial charge in [0.2, 0.25) is 0 Å². The van der Waals surface area contributed by atoms with Crippen LogP contribution in [-0.4, -0.2) is 21.3 Å². The van der Waals surface area contributed by atoms with Crippen molar-refractivity contribution in [2.45, 2.75) is 24.9 Å². The molecule has 2 aromatic carbocycles. The minimum Gasteiger partial charge on any atom is -0.286 e. The summed E-state index contributed by atoms with van der Waals surface area (Å²) in [6.07, 6.45) is 3.24. The highest BCUT2D eigenvalue weighted by Gasteiger charge is 2.36. The Bertz CT molecular complexity index is 879. The molecule has 0 aromatic heterocycles. The van der Waals surface area contributed by atoms with Crippen molar-refractivity contribution >= 4 is 34.6 Å². The molecule has 28 heavy (non-hydrogen) atoms. The molecule has 1 aliphatic rings. The van der Waals surface area contributed by atoms with Crippen LogP contribution >= 0.6 is 23.2 Å². The first-order valence-corrected chi connectivity index (χ1v) is 9.33. The molecule has 0 bridgehead atoms. The molecule has 1 aliphatic heterocycles. The van der Waals surface area contributed by atoms with Gasteiger partial charge in [-0.2, -0.15) is 0 Å². The molecule has 0 saturated carbocycles. The number of nitrogens with zero attached hydrogens (tertiary/aromatic N) is 3. The van der Waals surface area contributed by atoms with Gasteiger partial charge >= 0.3 is 0 Å². The number of nitro benzene ring substituents is 2. The molecular formula is C19H17Cl2N3O4. The first-order valence-electron chi connectivity index (χ1n) is 8.57. The van der Waals surface area contributed by atoms with Crippen LogP contribution in [0.2, 0.25) is 10.0 Å². The van der Waals surface area contributed by atoms with Gasteiger partial charge in [0.15, 0.2) is 0 Å². The van der Waals surface area contributed by atoms with Crippen molar-refractivity contribution in [1.29, 1.82) is 0 Å². The smallest absolute Gasteiger partial charge is 0.286 e. The van der Waals surface area contributed by atoms with Crippen LogP contribution in [0.3, 0.4) is 0 Å². The second kappa shape index (κ2) is 8.26. The van der Waals surface area contributed by atoms with Gasteiger partial charge in [0.25, 0.3) is 11.4 Å². The number of halogens is 2. The lowest BCUT2D eigenvalue weighted by atomic mass is 10.0. The van der Waals surface area contributed by atoms with Crippen LogP contribution in [0.1, 0.15) is 36.1 Å². The largest absolute Gasteiger partial charge is 0.288 e. The summed E-state index contributed by atoms with van der Waals surface area (Å²) < 4.78 is 0. The number of nitro groups is 2. The molecule has 146 valence electrons. The Balaban J connectivity index is 1.98. The van der Waals surface area contributed by atoms with Gasteiger partial charge in [0, 0.05) is 30.8 Å². The lowest BCUT2D eigenvalue weighted by molar-refractivity contribution is -0.384. The maximum atomic E-state index is 11.2. The normalized spacial score (nSPS) is 19.5. The molecule has 1 unspecified atom stereocenters. The van der Waals surface area contributed by atoms with Crippen LogP contribution in [0.4, 0.5) is 11.4 Å². The first kappa shape index (κ1) is 20.3. The maximum absolute atomic E-state index is 11.2. The molecule has 7 nitrogen and oxygen atoms in total. The van der Waals surface area contributed by atoms with E-state index in [1.54, 1.807) is 18.2 Å². The van der Waals surface area contributed by atoms with E-state index in [0.717, 1.165) is 24.0 Å². The van der Waals surface area contributed by atoms with Crippen LogP contribution in [0.25, 0.3) is 0 Å². The minimum absolute atomic E-state index is 0.0892. The van der Waals surface area contributed by atoms with E-state index >= 15 is 0 Å². The standard InChI is InChI=1S/C19H17Cl2N3O4/c1-2-9-22-16(12-3-5-14(20)18(10-12)23(25)26)7-8-17(22)13-4-6-15(21)19(11-13)24(27)28/h2-6,10-11,16-17H,1,7-9H2/t16-,17?/m1/s1. The molecule has 0 aliphatic carbocycles. The molecule has 0 spiro atoms. The fraction of sp³-hybridized carbons (Fsp3) is 0.263. The fourth-order valence-electron chi connectivity index (χ4n) is 3.74. The monoisotopic (exact) mass is 421 g/mol. The Morgan fingerprint density at radius 2 is 1.39 bits per heavy atom. The third-order valence-electron chi connectivity index (χ3n) is 4.96. The first-order chi connectivity index (χ1) is 13.3. The molecule has 1 heterocycles. The predicted octanol–water partition coefficient (Wildman–Crippen LogP) is 5.87. The molecule has 1 saturated heterocycles. The second-order valence-electron chi connectivity index (χ2n) is 6.53. The second-order valence-corrected chi connectivity index (χ2v) is 7.34. The van der Waals surface area contributed by atoms with Crippen LogP contribution in [0.5, 0.6) is 0 Å². The van der Waals surface area contributed by atoms with Crippen LogP contribution in [0, 0.1) is 20.2 Å². The summed E-state index contributed by atoms with van der Waals surface area (Å²) in [7, 11) is 0. The van der Waals surface area contributed by atoms with Gasteiger partial charge in [0.1, 0.15) is 10.0 Å². The maximum Gasteiger partial charge on any atom is 0.288 e. The number of hydrogen-bond donors (Lipinski definition) is 0. The van der Waals surface area contributed by atoms with Gasteiger partial charge in [0.05, 0.1) is 9.85 Å². The van der Waals surface area contributed by atoms with Crippen molar-refractivity contribution in [2.24, 2.45) is 0 Å². The van der Waals surface area contributed by atoms with Gasteiger partial charge < -0.3 is 0 Å². The van der Waals surface area contributed by atoms with Gasteiger partial charge in [-0.1, -0.05) is 41.4 Å². The summed E-state index contributed by atoms with van der Waals surface area (Å²) in [4.78, 5) is 23.6. The topological polar surface area (TPSA) is 89.5 Å². The average molecular weight is 422 g/mol.